The molecule has 0 unspecified atom stereocenters. The Morgan fingerprint density at radius 3 is 2.00 bits per heavy atom. The molecule has 0 bridgehead atoms. The van der Waals surface area contributed by atoms with E-state index in [1.807, 2.05) is 67.5 Å². The molecular weight excluding hydrogens is 362 g/mol. The van der Waals surface area contributed by atoms with Crippen LogP contribution < -0.4 is 9.80 Å². The maximum atomic E-state index is 12.1. The van der Waals surface area contributed by atoms with Crippen molar-refractivity contribution in [1.29, 1.82) is 0 Å². The number of amides is 1. The number of anilines is 2. The molecule has 170 valence electrons. The van der Waals surface area contributed by atoms with Gasteiger partial charge < -0.3 is 9.64 Å². The molecule has 0 N–H and O–H groups in total. The summed E-state index contributed by atoms with van der Waals surface area (Å²) in [5.74, 6) is 1.03. The Morgan fingerprint density at radius 1 is 1.03 bits per heavy atom. The molecule has 1 aliphatic rings. The molecule has 0 aromatic carbocycles. The number of rotatable bonds is 4. The molecule has 5 heteroatoms. The predicted molar refractivity (Wildman–Crippen MR) is 128 cm³/mol. The minimum Gasteiger partial charge on any atom is -0.446 e. The first-order chi connectivity index (χ1) is 14.0. The lowest BCUT2D eigenvalue weighted by atomic mass is 10.2. The van der Waals surface area contributed by atoms with Gasteiger partial charge in [0.1, 0.15) is 5.82 Å². The zero-order valence-electron chi connectivity index (χ0n) is 20.8. The summed E-state index contributed by atoms with van der Waals surface area (Å²) in [6, 6.07) is 4.02. The normalized spacial score (nSPS) is 12.9. The van der Waals surface area contributed by atoms with Gasteiger partial charge in [-0.05, 0) is 45.2 Å². The standard InChI is InChI=1S/C18H29N3O2.3C2H6/c1-5-15-16(20(4)18(22)23-14(2)3)10-11-17(19-15)21-12-8-6-7-9-13-21;3*1-2/h10-11,14H,5-9,12-13H2,1-4H3;3*1-2H3. The SMILES string of the molecule is CC.CC.CC.CCc1nc(N2CCCCCC2)ccc1N(C)C(=O)OC(C)C. The fourth-order valence-corrected chi connectivity index (χ4v) is 2.90. The lowest BCUT2D eigenvalue weighted by Crippen LogP contribution is -2.31. The van der Waals surface area contributed by atoms with Gasteiger partial charge in [0.15, 0.2) is 0 Å². The van der Waals surface area contributed by atoms with Crippen LogP contribution in [0.2, 0.25) is 0 Å². The van der Waals surface area contributed by atoms with E-state index in [1.165, 1.54) is 25.7 Å². The van der Waals surface area contributed by atoms with E-state index in [9.17, 15) is 4.79 Å². The molecule has 1 aromatic rings. The Kier molecular flexibility index (Phi) is 18.5. The second-order valence-electron chi connectivity index (χ2n) is 6.38. The van der Waals surface area contributed by atoms with Gasteiger partial charge in [-0.25, -0.2) is 9.78 Å². The van der Waals surface area contributed by atoms with E-state index in [1.54, 1.807) is 11.9 Å². The number of hydrogen-bond donors (Lipinski definition) is 0. The molecule has 5 nitrogen and oxygen atoms in total. The maximum Gasteiger partial charge on any atom is 0.414 e. The van der Waals surface area contributed by atoms with Crippen molar-refractivity contribution in [1.82, 2.24) is 4.98 Å². The highest BCUT2D eigenvalue weighted by Gasteiger charge is 2.19. The first kappa shape index (κ1) is 29.4. The maximum absolute atomic E-state index is 12.1. The van der Waals surface area contributed by atoms with Gasteiger partial charge in [0.2, 0.25) is 0 Å². The zero-order chi connectivity index (χ0) is 22.8. The number of ether oxygens (including phenoxy) is 1. The highest BCUT2D eigenvalue weighted by molar-refractivity contribution is 5.88. The lowest BCUT2D eigenvalue weighted by Gasteiger charge is -2.25. The first-order valence-electron chi connectivity index (χ1n) is 11.7. The molecule has 1 amide bonds. The van der Waals surface area contributed by atoms with Crippen molar-refractivity contribution in [3.05, 3.63) is 17.8 Å². The molecule has 2 rings (SSSR count). The molecule has 0 aliphatic carbocycles. The van der Waals surface area contributed by atoms with Crippen LogP contribution in [0.5, 0.6) is 0 Å². The third-order valence-electron chi connectivity index (χ3n) is 4.17. The van der Waals surface area contributed by atoms with Crippen LogP contribution in [0.4, 0.5) is 16.3 Å². The number of aromatic nitrogens is 1. The molecular formula is C24H47N3O2. The third kappa shape index (κ3) is 10.5. The summed E-state index contributed by atoms with van der Waals surface area (Å²) in [5, 5.41) is 0. The average Bonchev–Trinajstić information content (AvgIpc) is 3.06. The van der Waals surface area contributed by atoms with Crippen molar-refractivity contribution in [2.24, 2.45) is 0 Å². The molecule has 29 heavy (non-hydrogen) atoms. The van der Waals surface area contributed by atoms with Gasteiger partial charge in [-0.15, -0.1) is 0 Å². The van der Waals surface area contributed by atoms with Crippen LogP contribution in [0.1, 0.15) is 93.7 Å². The van der Waals surface area contributed by atoms with Crippen LogP contribution in [0.25, 0.3) is 0 Å². The topological polar surface area (TPSA) is 45.7 Å². The van der Waals surface area contributed by atoms with Crippen molar-refractivity contribution < 1.29 is 9.53 Å². The summed E-state index contributed by atoms with van der Waals surface area (Å²) in [7, 11) is 1.74. The Balaban J connectivity index is 0. The molecule has 0 spiro atoms. The quantitative estimate of drug-likeness (QED) is 0.533. The van der Waals surface area contributed by atoms with E-state index in [4.69, 9.17) is 9.72 Å². The van der Waals surface area contributed by atoms with E-state index >= 15 is 0 Å². The number of hydrogen-bond acceptors (Lipinski definition) is 4. The minimum absolute atomic E-state index is 0.126. The molecule has 1 fully saturated rings. The van der Waals surface area contributed by atoms with Crippen LogP contribution in [0, 0.1) is 0 Å². The van der Waals surface area contributed by atoms with Crippen LogP contribution in [0.15, 0.2) is 12.1 Å². The van der Waals surface area contributed by atoms with E-state index in [0.29, 0.717) is 0 Å². The summed E-state index contributed by atoms with van der Waals surface area (Å²) in [6.07, 6.45) is 5.39. The Hall–Kier alpha value is -1.78. The second kappa shape index (κ2) is 18.3. The Bertz CT molecular complexity index is 525. The number of pyridine rings is 1. The van der Waals surface area contributed by atoms with Gasteiger partial charge in [-0.2, -0.15) is 0 Å². The fourth-order valence-electron chi connectivity index (χ4n) is 2.90. The van der Waals surface area contributed by atoms with Gasteiger partial charge in [0.05, 0.1) is 17.5 Å². The van der Waals surface area contributed by atoms with Gasteiger partial charge in [0.25, 0.3) is 0 Å². The Labute approximate surface area is 180 Å². The van der Waals surface area contributed by atoms with Gasteiger partial charge in [-0.1, -0.05) is 61.3 Å². The molecule has 0 atom stereocenters. The Morgan fingerprint density at radius 2 is 1.55 bits per heavy atom. The third-order valence-corrected chi connectivity index (χ3v) is 4.17. The van der Waals surface area contributed by atoms with Crippen LogP contribution >= 0.6 is 0 Å². The van der Waals surface area contributed by atoms with E-state index in [2.05, 4.69) is 11.8 Å². The van der Waals surface area contributed by atoms with Gasteiger partial charge in [-0.3, -0.25) is 4.90 Å². The van der Waals surface area contributed by atoms with Gasteiger partial charge in [0, 0.05) is 20.1 Å². The molecule has 1 saturated heterocycles. The first-order valence-corrected chi connectivity index (χ1v) is 11.7. The smallest absolute Gasteiger partial charge is 0.414 e. The predicted octanol–water partition coefficient (Wildman–Crippen LogP) is 7.08. The van der Waals surface area contributed by atoms with Crippen molar-refractivity contribution in [2.45, 2.75) is 101 Å². The number of carbonyl (C=O) groups excluding carboxylic acids is 1. The zero-order valence-corrected chi connectivity index (χ0v) is 20.8. The molecule has 0 radical (unpaired) electrons. The summed E-state index contributed by atoms with van der Waals surface area (Å²) >= 11 is 0. The minimum atomic E-state index is -0.334. The van der Waals surface area contributed by atoms with E-state index < -0.39 is 0 Å². The molecule has 1 aromatic heterocycles. The monoisotopic (exact) mass is 409 g/mol. The van der Waals surface area contributed by atoms with Crippen molar-refractivity contribution in [3.63, 3.8) is 0 Å². The summed E-state index contributed by atoms with van der Waals surface area (Å²) < 4.78 is 5.28. The molecule has 2 heterocycles. The summed E-state index contributed by atoms with van der Waals surface area (Å²) in [4.78, 5) is 20.9. The average molecular weight is 410 g/mol. The largest absolute Gasteiger partial charge is 0.446 e. The highest BCUT2D eigenvalue weighted by Crippen LogP contribution is 2.25. The second-order valence-corrected chi connectivity index (χ2v) is 6.38. The van der Waals surface area contributed by atoms with Crippen LogP contribution in [-0.4, -0.2) is 37.3 Å². The highest BCUT2D eigenvalue weighted by atomic mass is 16.6. The van der Waals surface area contributed by atoms with Gasteiger partial charge >= 0.3 is 6.09 Å². The number of carbonyl (C=O) groups is 1. The summed E-state index contributed by atoms with van der Waals surface area (Å²) in [6.45, 7) is 19.9. The molecule has 1 aliphatic heterocycles. The fraction of sp³-hybridized carbons (Fsp3) is 0.750. The van der Waals surface area contributed by atoms with Crippen LogP contribution in [0.3, 0.4) is 0 Å². The van der Waals surface area contributed by atoms with Crippen molar-refractivity contribution in [2.75, 3.05) is 29.9 Å². The number of aryl methyl sites for hydroxylation is 1. The van der Waals surface area contributed by atoms with Crippen molar-refractivity contribution >= 4 is 17.6 Å². The van der Waals surface area contributed by atoms with E-state index in [0.717, 1.165) is 36.7 Å². The molecule has 0 saturated carbocycles. The lowest BCUT2D eigenvalue weighted by molar-refractivity contribution is 0.124. The van der Waals surface area contributed by atoms with Crippen molar-refractivity contribution in [3.8, 4) is 0 Å². The number of nitrogens with zero attached hydrogens (tertiary/aromatic N) is 3. The van der Waals surface area contributed by atoms with Crippen LogP contribution in [-0.2, 0) is 11.2 Å². The van der Waals surface area contributed by atoms with E-state index in [-0.39, 0.29) is 12.2 Å². The summed E-state index contributed by atoms with van der Waals surface area (Å²) in [5.41, 5.74) is 1.77.